The van der Waals surface area contributed by atoms with Crippen molar-refractivity contribution in [1.82, 2.24) is 10.6 Å². The highest BCUT2D eigenvalue weighted by molar-refractivity contribution is 5.80. The van der Waals surface area contributed by atoms with Gasteiger partial charge in [-0.05, 0) is 50.3 Å². The van der Waals surface area contributed by atoms with Crippen molar-refractivity contribution < 1.29 is 14.2 Å². The van der Waals surface area contributed by atoms with E-state index in [1.165, 1.54) is 31.2 Å². The molecule has 3 unspecified atom stereocenters. The largest absolute Gasteiger partial charge is 0.497 e. The topological polar surface area (TPSA) is 64.1 Å². The highest BCUT2D eigenvalue weighted by atomic mass is 16.5. The van der Waals surface area contributed by atoms with E-state index >= 15 is 0 Å². The molecule has 160 valence electrons. The van der Waals surface area contributed by atoms with E-state index in [9.17, 15) is 0 Å². The van der Waals surface area contributed by atoms with Crippen LogP contribution in [-0.2, 0) is 16.0 Å². The third-order valence-corrected chi connectivity index (χ3v) is 6.87. The quantitative estimate of drug-likeness (QED) is 0.378. The van der Waals surface area contributed by atoms with Gasteiger partial charge in [0.25, 0.3) is 0 Å². The van der Waals surface area contributed by atoms with Crippen LogP contribution in [0.5, 0.6) is 5.75 Å². The van der Waals surface area contributed by atoms with Gasteiger partial charge in [-0.3, -0.25) is 0 Å². The van der Waals surface area contributed by atoms with E-state index < -0.39 is 0 Å². The first-order valence-electron chi connectivity index (χ1n) is 11.1. The van der Waals surface area contributed by atoms with Gasteiger partial charge in [-0.25, -0.2) is 4.99 Å². The van der Waals surface area contributed by atoms with Gasteiger partial charge in [0.1, 0.15) is 5.75 Å². The first-order valence-corrected chi connectivity index (χ1v) is 11.1. The Morgan fingerprint density at radius 3 is 2.79 bits per heavy atom. The lowest BCUT2D eigenvalue weighted by Gasteiger charge is -2.63. The van der Waals surface area contributed by atoms with E-state index in [0.29, 0.717) is 30.0 Å². The molecule has 0 amide bonds. The van der Waals surface area contributed by atoms with Crippen LogP contribution in [0, 0.1) is 11.3 Å². The molecule has 0 aromatic heterocycles. The molecule has 3 aliphatic rings. The Hall–Kier alpha value is -1.79. The van der Waals surface area contributed by atoms with Crippen molar-refractivity contribution in [3.8, 4) is 5.75 Å². The fourth-order valence-corrected chi connectivity index (χ4v) is 5.18. The van der Waals surface area contributed by atoms with Gasteiger partial charge in [-0.15, -0.1) is 0 Å². The molecule has 1 heterocycles. The van der Waals surface area contributed by atoms with Gasteiger partial charge < -0.3 is 24.8 Å². The Morgan fingerprint density at radius 1 is 1.28 bits per heavy atom. The van der Waals surface area contributed by atoms with Gasteiger partial charge in [-0.2, -0.15) is 0 Å². The molecule has 29 heavy (non-hydrogen) atoms. The van der Waals surface area contributed by atoms with Gasteiger partial charge in [0.05, 0.1) is 19.8 Å². The maximum Gasteiger partial charge on any atom is 0.191 e. The van der Waals surface area contributed by atoms with Crippen molar-refractivity contribution in [3.63, 3.8) is 0 Å². The number of ether oxygens (including phenoxy) is 3. The minimum atomic E-state index is 0.342. The summed E-state index contributed by atoms with van der Waals surface area (Å²) in [5.41, 5.74) is 1.52. The summed E-state index contributed by atoms with van der Waals surface area (Å²) in [6, 6.07) is 8.61. The summed E-state index contributed by atoms with van der Waals surface area (Å²) in [5.74, 6) is 2.42. The molecule has 6 heteroatoms. The fraction of sp³-hybridized carbons (Fsp3) is 0.696. The van der Waals surface area contributed by atoms with Crippen LogP contribution in [0.4, 0.5) is 0 Å². The number of fused-ring (bicyclic) bond motifs is 2. The van der Waals surface area contributed by atoms with E-state index in [1.807, 2.05) is 19.1 Å². The first-order chi connectivity index (χ1) is 14.3. The number of nitrogens with zero attached hydrogens (tertiary/aromatic N) is 1. The van der Waals surface area contributed by atoms with Gasteiger partial charge in [0, 0.05) is 43.7 Å². The molecule has 1 aromatic carbocycles. The standard InChI is InChI=1S/C23H35N3O3/c1-3-28-14-5-13-24-22(25-16-17-6-8-18(27-2)9-7-17)26-20-19-10-15-29-21(19)23(20)11-4-12-23/h6-9,19-21H,3-5,10-16H2,1-2H3,(H2,24,25,26). The predicted molar refractivity (Wildman–Crippen MR) is 114 cm³/mol. The second-order valence-electron chi connectivity index (χ2n) is 8.44. The molecular formula is C23H35N3O3. The Morgan fingerprint density at radius 2 is 2.10 bits per heavy atom. The predicted octanol–water partition coefficient (Wildman–Crippen LogP) is 3.11. The first kappa shape index (κ1) is 20.5. The van der Waals surface area contributed by atoms with Crippen molar-refractivity contribution in [3.05, 3.63) is 29.8 Å². The maximum absolute atomic E-state index is 6.07. The summed E-state index contributed by atoms with van der Waals surface area (Å²) in [6.45, 7) is 6.00. The molecule has 1 spiro atoms. The molecular weight excluding hydrogens is 366 g/mol. The molecule has 1 aliphatic heterocycles. The second kappa shape index (κ2) is 9.35. The summed E-state index contributed by atoms with van der Waals surface area (Å²) in [5, 5.41) is 7.32. The summed E-state index contributed by atoms with van der Waals surface area (Å²) in [7, 11) is 1.69. The lowest BCUT2D eigenvalue weighted by atomic mass is 9.46. The van der Waals surface area contributed by atoms with Gasteiger partial charge in [0.2, 0.25) is 0 Å². The highest BCUT2D eigenvalue weighted by Gasteiger charge is 2.66. The van der Waals surface area contributed by atoms with Crippen LogP contribution in [0.15, 0.2) is 29.3 Å². The average Bonchev–Trinajstić information content (AvgIpc) is 3.13. The van der Waals surface area contributed by atoms with Crippen LogP contribution in [-0.4, -0.2) is 51.6 Å². The fourth-order valence-electron chi connectivity index (χ4n) is 5.18. The maximum atomic E-state index is 6.07. The third kappa shape index (κ3) is 4.24. The Labute approximate surface area is 174 Å². The van der Waals surface area contributed by atoms with Gasteiger partial charge >= 0.3 is 0 Å². The minimum absolute atomic E-state index is 0.342. The molecule has 2 aliphatic carbocycles. The normalized spacial score (nSPS) is 27.1. The number of benzene rings is 1. The Balaban J connectivity index is 1.40. The number of hydrogen-bond acceptors (Lipinski definition) is 4. The smallest absolute Gasteiger partial charge is 0.191 e. The average molecular weight is 402 g/mol. The van der Waals surface area contributed by atoms with Crippen LogP contribution in [0.2, 0.25) is 0 Å². The summed E-state index contributed by atoms with van der Waals surface area (Å²) in [6.07, 6.45) is 6.49. The number of aliphatic imine (C=N–C) groups is 1. The van der Waals surface area contributed by atoms with Crippen LogP contribution >= 0.6 is 0 Å². The zero-order valence-corrected chi connectivity index (χ0v) is 17.8. The van der Waals surface area contributed by atoms with E-state index in [4.69, 9.17) is 19.2 Å². The summed E-state index contributed by atoms with van der Waals surface area (Å²) >= 11 is 0. The van der Waals surface area contributed by atoms with Crippen molar-refractivity contribution >= 4 is 5.96 Å². The number of guanidine groups is 1. The van der Waals surface area contributed by atoms with E-state index in [-0.39, 0.29) is 0 Å². The lowest BCUT2D eigenvalue weighted by Crippen LogP contribution is -2.72. The molecule has 2 saturated carbocycles. The van der Waals surface area contributed by atoms with E-state index in [2.05, 4.69) is 22.8 Å². The van der Waals surface area contributed by atoms with Gasteiger partial charge in [0.15, 0.2) is 5.96 Å². The number of nitrogens with one attached hydrogen (secondary N) is 2. The molecule has 4 rings (SSSR count). The number of hydrogen-bond donors (Lipinski definition) is 2. The molecule has 3 atom stereocenters. The molecule has 3 fully saturated rings. The van der Waals surface area contributed by atoms with Crippen molar-refractivity contribution in [1.29, 1.82) is 0 Å². The summed E-state index contributed by atoms with van der Waals surface area (Å²) in [4.78, 5) is 4.90. The number of methoxy groups -OCH3 is 1. The lowest BCUT2D eigenvalue weighted by molar-refractivity contribution is -0.171. The Kier molecular flexibility index (Phi) is 6.60. The SMILES string of the molecule is CCOCCCNC(=NCc1ccc(OC)cc1)NC1C2CCOC2C12CCC2. The molecule has 1 saturated heterocycles. The van der Waals surface area contributed by atoms with Crippen molar-refractivity contribution in [2.24, 2.45) is 16.3 Å². The van der Waals surface area contributed by atoms with Crippen molar-refractivity contribution in [2.75, 3.05) is 33.5 Å². The van der Waals surface area contributed by atoms with E-state index in [0.717, 1.165) is 44.5 Å². The van der Waals surface area contributed by atoms with Crippen molar-refractivity contribution in [2.45, 2.75) is 57.7 Å². The third-order valence-electron chi connectivity index (χ3n) is 6.87. The minimum Gasteiger partial charge on any atom is -0.497 e. The molecule has 2 N–H and O–H groups in total. The van der Waals surface area contributed by atoms with Crippen LogP contribution < -0.4 is 15.4 Å². The van der Waals surface area contributed by atoms with Crippen LogP contribution in [0.25, 0.3) is 0 Å². The molecule has 6 nitrogen and oxygen atoms in total. The van der Waals surface area contributed by atoms with Crippen LogP contribution in [0.1, 0.15) is 44.6 Å². The number of rotatable bonds is 9. The van der Waals surface area contributed by atoms with Gasteiger partial charge in [-0.1, -0.05) is 18.6 Å². The highest BCUT2D eigenvalue weighted by Crippen LogP contribution is 2.62. The summed E-state index contributed by atoms with van der Waals surface area (Å²) < 4.78 is 16.8. The zero-order valence-electron chi connectivity index (χ0n) is 17.8. The van der Waals surface area contributed by atoms with Crippen LogP contribution in [0.3, 0.4) is 0 Å². The van der Waals surface area contributed by atoms with E-state index in [1.54, 1.807) is 7.11 Å². The Bertz CT molecular complexity index is 687. The zero-order chi connectivity index (χ0) is 20.1. The molecule has 0 bridgehead atoms. The second-order valence-corrected chi connectivity index (χ2v) is 8.44. The molecule has 1 aromatic rings. The monoisotopic (exact) mass is 401 g/mol. The molecule has 0 radical (unpaired) electrons.